The molecule has 6 heteroatoms. The number of pyridine rings is 1. The van der Waals surface area contributed by atoms with Crippen LogP contribution in [0.25, 0.3) is 0 Å². The maximum atomic E-state index is 10.6. The van der Waals surface area contributed by atoms with Crippen molar-refractivity contribution in [3.05, 3.63) is 30.1 Å². The highest BCUT2D eigenvalue weighted by Crippen LogP contribution is 1.97. The van der Waals surface area contributed by atoms with Crippen LogP contribution in [0.2, 0.25) is 0 Å². The molecule has 76 valence electrons. The Balaban J connectivity index is 2.61. The van der Waals surface area contributed by atoms with E-state index in [4.69, 9.17) is 5.41 Å². The van der Waals surface area contributed by atoms with Gasteiger partial charge in [-0.1, -0.05) is 6.07 Å². The van der Waals surface area contributed by atoms with Crippen molar-refractivity contribution in [3.63, 3.8) is 0 Å². The summed E-state index contributed by atoms with van der Waals surface area (Å²) in [5, 5.41) is 7.46. The second-order valence-electron chi connectivity index (χ2n) is 2.66. The van der Waals surface area contributed by atoms with Crippen LogP contribution in [0.5, 0.6) is 0 Å². The molecule has 0 aliphatic rings. The van der Waals surface area contributed by atoms with E-state index in [1.807, 2.05) is 0 Å². The smallest absolute Gasteiger partial charge is 0.264 e. The SMILES string of the molecule is CS(=O)(=O)OCC(=N)c1ccccn1. The Labute approximate surface area is 82.4 Å². The molecule has 1 N–H and O–H groups in total. The Kier molecular flexibility index (Phi) is 3.32. The Morgan fingerprint density at radius 3 is 2.79 bits per heavy atom. The zero-order valence-electron chi connectivity index (χ0n) is 7.60. The van der Waals surface area contributed by atoms with E-state index < -0.39 is 10.1 Å². The molecule has 0 saturated carbocycles. The van der Waals surface area contributed by atoms with Crippen molar-refractivity contribution in [2.75, 3.05) is 12.9 Å². The maximum absolute atomic E-state index is 10.6. The Morgan fingerprint density at radius 2 is 2.29 bits per heavy atom. The van der Waals surface area contributed by atoms with Gasteiger partial charge in [-0.25, -0.2) is 0 Å². The molecule has 0 spiro atoms. The maximum Gasteiger partial charge on any atom is 0.264 e. The zero-order chi connectivity index (χ0) is 10.6. The summed E-state index contributed by atoms with van der Waals surface area (Å²) < 4.78 is 25.7. The normalized spacial score (nSPS) is 11.2. The summed E-state index contributed by atoms with van der Waals surface area (Å²) in [6.45, 7) is -0.282. The number of hydrogen-bond acceptors (Lipinski definition) is 5. The molecule has 1 rings (SSSR count). The number of rotatable bonds is 4. The first-order chi connectivity index (χ1) is 6.49. The van der Waals surface area contributed by atoms with Crippen LogP contribution in [-0.2, 0) is 14.3 Å². The molecule has 0 unspecified atom stereocenters. The Morgan fingerprint density at radius 1 is 1.57 bits per heavy atom. The molecule has 1 heterocycles. The minimum Gasteiger partial charge on any atom is -0.301 e. The highest BCUT2D eigenvalue weighted by Gasteiger charge is 2.07. The van der Waals surface area contributed by atoms with Gasteiger partial charge in [0.2, 0.25) is 0 Å². The molecular formula is C8H10N2O3S. The molecule has 1 aromatic rings. The molecular weight excluding hydrogens is 204 g/mol. The molecule has 0 aliphatic carbocycles. The lowest BCUT2D eigenvalue weighted by atomic mass is 10.2. The monoisotopic (exact) mass is 214 g/mol. The quantitative estimate of drug-likeness (QED) is 0.582. The van der Waals surface area contributed by atoms with Gasteiger partial charge in [0.1, 0.15) is 6.61 Å². The first kappa shape index (κ1) is 10.8. The lowest BCUT2D eigenvalue weighted by Crippen LogP contribution is -2.14. The van der Waals surface area contributed by atoms with E-state index >= 15 is 0 Å². The zero-order valence-corrected chi connectivity index (χ0v) is 8.41. The fourth-order valence-corrected chi connectivity index (χ4v) is 1.11. The number of nitrogens with zero attached hydrogens (tertiary/aromatic N) is 1. The van der Waals surface area contributed by atoms with Gasteiger partial charge in [0, 0.05) is 6.20 Å². The molecule has 5 nitrogen and oxygen atoms in total. The van der Waals surface area contributed by atoms with Crippen LogP contribution in [0, 0.1) is 5.41 Å². The number of aromatic nitrogens is 1. The van der Waals surface area contributed by atoms with Crippen LogP contribution in [0.1, 0.15) is 5.69 Å². The van der Waals surface area contributed by atoms with Crippen molar-refractivity contribution in [2.45, 2.75) is 0 Å². The molecule has 0 atom stereocenters. The third kappa shape index (κ3) is 3.63. The topological polar surface area (TPSA) is 80.1 Å². The molecule has 0 saturated heterocycles. The molecule has 0 aliphatic heterocycles. The molecule has 0 radical (unpaired) electrons. The van der Waals surface area contributed by atoms with Crippen LogP contribution in [0.4, 0.5) is 0 Å². The van der Waals surface area contributed by atoms with Gasteiger partial charge in [-0.2, -0.15) is 8.42 Å². The number of hydrogen-bond donors (Lipinski definition) is 1. The summed E-state index contributed by atoms with van der Waals surface area (Å²) in [5.74, 6) is 0. The molecule has 1 aromatic heterocycles. The van der Waals surface area contributed by atoms with E-state index in [-0.39, 0.29) is 12.3 Å². The summed E-state index contributed by atoms with van der Waals surface area (Å²) >= 11 is 0. The summed E-state index contributed by atoms with van der Waals surface area (Å²) in [5.41, 5.74) is 0.451. The average molecular weight is 214 g/mol. The summed E-state index contributed by atoms with van der Waals surface area (Å²) in [6, 6.07) is 5.06. The molecule has 14 heavy (non-hydrogen) atoms. The lowest BCUT2D eigenvalue weighted by Gasteiger charge is -2.02. The minimum absolute atomic E-state index is 0.0380. The van der Waals surface area contributed by atoms with Gasteiger partial charge < -0.3 is 5.41 Å². The van der Waals surface area contributed by atoms with E-state index in [0.29, 0.717) is 5.69 Å². The fraction of sp³-hybridized carbons (Fsp3) is 0.250. The molecule has 0 aromatic carbocycles. The highest BCUT2D eigenvalue weighted by atomic mass is 32.2. The van der Waals surface area contributed by atoms with Crippen molar-refractivity contribution in [1.29, 1.82) is 5.41 Å². The van der Waals surface area contributed by atoms with Crippen LogP contribution in [0.3, 0.4) is 0 Å². The van der Waals surface area contributed by atoms with Gasteiger partial charge >= 0.3 is 0 Å². The van der Waals surface area contributed by atoms with E-state index in [1.165, 1.54) is 6.20 Å². The first-order valence-corrected chi connectivity index (χ1v) is 5.64. The van der Waals surface area contributed by atoms with Gasteiger partial charge in [0.15, 0.2) is 0 Å². The van der Waals surface area contributed by atoms with Gasteiger partial charge in [0.05, 0.1) is 17.7 Å². The predicted octanol–water partition coefficient (Wildman–Crippen LogP) is 0.426. The highest BCUT2D eigenvalue weighted by molar-refractivity contribution is 7.86. The van der Waals surface area contributed by atoms with Crippen LogP contribution < -0.4 is 0 Å². The Bertz CT molecular complexity index is 413. The van der Waals surface area contributed by atoms with E-state index in [0.717, 1.165) is 6.26 Å². The van der Waals surface area contributed by atoms with Gasteiger partial charge in [-0.05, 0) is 12.1 Å². The molecule has 0 amide bonds. The third-order valence-corrected chi connectivity index (χ3v) is 1.94. The molecule has 0 fully saturated rings. The van der Waals surface area contributed by atoms with Crippen LogP contribution in [-0.4, -0.2) is 32.0 Å². The second kappa shape index (κ2) is 4.30. The van der Waals surface area contributed by atoms with E-state index in [1.54, 1.807) is 18.2 Å². The Hall–Kier alpha value is -1.27. The number of nitrogens with one attached hydrogen (secondary N) is 1. The van der Waals surface area contributed by atoms with Crippen molar-refractivity contribution >= 4 is 15.8 Å². The van der Waals surface area contributed by atoms with Gasteiger partial charge in [-0.15, -0.1) is 0 Å². The van der Waals surface area contributed by atoms with E-state index in [2.05, 4.69) is 9.17 Å². The fourth-order valence-electron chi connectivity index (χ4n) is 0.781. The summed E-state index contributed by atoms with van der Waals surface area (Å²) in [7, 11) is -3.50. The average Bonchev–Trinajstić information content (AvgIpc) is 2.14. The van der Waals surface area contributed by atoms with Gasteiger partial charge in [-0.3, -0.25) is 9.17 Å². The largest absolute Gasteiger partial charge is 0.301 e. The van der Waals surface area contributed by atoms with Crippen LogP contribution in [0.15, 0.2) is 24.4 Å². The predicted molar refractivity (Wildman–Crippen MR) is 51.9 cm³/mol. The summed E-state index contributed by atoms with van der Waals surface area (Å²) in [4.78, 5) is 3.88. The van der Waals surface area contributed by atoms with Crippen molar-refractivity contribution in [1.82, 2.24) is 4.98 Å². The second-order valence-corrected chi connectivity index (χ2v) is 4.30. The standard InChI is InChI=1S/C8H10N2O3S/c1-14(11,12)13-6-7(9)8-4-2-3-5-10-8/h2-5,9H,6H2,1H3. The van der Waals surface area contributed by atoms with Gasteiger partial charge in [0.25, 0.3) is 10.1 Å². The van der Waals surface area contributed by atoms with Crippen LogP contribution >= 0.6 is 0 Å². The van der Waals surface area contributed by atoms with Crippen molar-refractivity contribution in [2.24, 2.45) is 0 Å². The lowest BCUT2D eigenvalue weighted by molar-refractivity contribution is 0.372. The first-order valence-electron chi connectivity index (χ1n) is 3.82. The molecule has 0 bridgehead atoms. The minimum atomic E-state index is -3.50. The third-order valence-electron chi connectivity index (χ3n) is 1.39. The van der Waals surface area contributed by atoms with Crippen molar-refractivity contribution in [3.8, 4) is 0 Å². The van der Waals surface area contributed by atoms with E-state index in [9.17, 15) is 8.42 Å². The summed E-state index contributed by atoms with van der Waals surface area (Å²) in [6.07, 6.45) is 2.48. The van der Waals surface area contributed by atoms with Crippen molar-refractivity contribution < 1.29 is 12.6 Å².